The molecule has 5 aromatic rings. The number of nitrogens with zero attached hydrogens (tertiary/aromatic N) is 6. The molecule has 0 unspecified atom stereocenters. The SMILES string of the molecule is Cc1c(Oc2ccc3c(c2)ncn3C)ccc(Nc2ncnc3ccc(N4CCN[C@@H](C5CC5)C4)nc23)c1F. The van der Waals surface area contributed by atoms with Crippen molar-refractivity contribution in [3.63, 3.8) is 0 Å². The zero-order valence-electron chi connectivity index (χ0n) is 21.9. The molecule has 1 aliphatic heterocycles. The van der Waals surface area contributed by atoms with Crippen molar-refractivity contribution >= 4 is 39.4 Å². The predicted molar refractivity (Wildman–Crippen MR) is 149 cm³/mol. The first-order chi connectivity index (χ1) is 19.0. The van der Waals surface area contributed by atoms with Gasteiger partial charge in [0.1, 0.15) is 29.2 Å². The van der Waals surface area contributed by atoms with Gasteiger partial charge in [0.15, 0.2) is 11.6 Å². The Hall–Kier alpha value is -4.31. The van der Waals surface area contributed by atoms with Gasteiger partial charge in [-0.2, -0.15) is 0 Å². The van der Waals surface area contributed by atoms with Gasteiger partial charge in [-0.15, -0.1) is 0 Å². The first-order valence-corrected chi connectivity index (χ1v) is 13.3. The van der Waals surface area contributed by atoms with E-state index in [1.807, 2.05) is 41.9 Å². The quantitative estimate of drug-likeness (QED) is 0.318. The molecule has 2 N–H and O–H groups in total. The minimum atomic E-state index is -0.413. The highest BCUT2D eigenvalue weighted by Gasteiger charge is 2.34. The van der Waals surface area contributed by atoms with Crippen molar-refractivity contribution in [3.05, 3.63) is 66.5 Å². The van der Waals surface area contributed by atoms with Gasteiger partial charge in [-0.3, -0.25) is 0 Å². The molecule has 2 fully saturated rings. The summed E-state index contributed by atoms with van der Waals surface area (Å²) >= 11 is 0. The Labute approximate surface area is 225 Å². The summed E-state index contributed by atoms with van der Waals surface area (Å²) in [5.41, 5.74) is 3.81. The number of fused-ring (bicyclic) bond motifs is 2. The maximum atomic E-state index is 15.6. The van der Waals surface area contributed by atoms with Crippen LogP contribution in [0.2, 0.25) is 0 Å². The molecule has 4 heterocycles. The van der Waals surface area contributed by atoms with E-state index in [4.69, 9.17) is 9.72 Å². The van der Waals surface area contributed by atoms with Crippen molar-refractivity contribution in [1.29, 1.82) is 0 Å². The predicted octanol–water partition coefficient (Wildman–Crippen LogP) is 5.08. The van der Waals surface area contributed by atoms with E-state index in [2.05, 4.69) is 30.5 Å². The summed E-state index contributed by atoms with van der Waals surface area (Å²) in [6, 6.07) is 13.5. The van der Waals surface area contributed by atoms with Crippen molar-refractivity contribution < 1.29 is 9.13 Å². The zero-order chi connectivity index (χ0) is 26.5. The molecule has 0 bridgehead atoms. The van der Waals surface area contributed by atoms with E-state index in [1.165, 1.54) is 19.2 Å². The van der Waals surface area contributed by atoms with Crippen molar-refractivity contribution in [1.82, 2.24) is 29.8 Å². The molecule has 0 amide bonds. The number of rotatable bonds is 6. The topological polar surface area (TPSA) is 93.0 Å². The third-order valence-electron chi connectivity index (χ3n) is 7.70. The second kappa shape index (κ2) is 9.46. The Morgan fingerprint density at radius 1 is 1.05 bits per heavy atom. The maximum absolute atomic E-state index is 15.6. The summed E-state index contributed by atoms with van der Waals surface area (Å²) in [5.74, 6) is 2.74. The van der Waals surface area contributed by atoms with Gasteiger partial charge in [-0.05, 0) is 62.1 Å². The monoisotopic (exact) mass is 524 g/mol. The second-order valence-electron chi connectivity index (χ2n) is 10.4. The fourth-order valence-corrected chi connectivity index (χ4v) is 5.31. The Morgan fingerprint density at radius 3 is 2.82 bits per heavy atom. The largest absolute Gasteiger partial charge is 0.457 e. The number of aryl methyl sites for hydroxylation is 1. The van der Waals surface area contributed by atoms with E-state index in [0.717, 1.165) is 42.4 Å². The number of piperazine rings is 1. The Morgan fingerprint density at radius 2 is 1.95 bits per heavy atom. The molecule has 1 aliphatic carbocycles. The summed E-state index contributed by atoms with van der Waals surface area (Å²) in [7, 11) is 1.94. The molecule has 198 valence electrons. The van der Waals surface area contributed by atoms with Crippen LogP contribution in [0.15, 0.2) is 55.1 Å². The van der Waals surface area contributed by atoms with Crippen LogP contribution in [0.1, 0.15) is 18.4 Å². The van der Waals surface area contributed by atoms with Gasteiger partial charge < -0.3 is 24.8 Å². The standard InChI is InChI=1S/C29H29FN8O/c1-17-25(39-19-5-8-24-22(13-19)34-16-37(24)2)9-6-20(27(17)30)35-29-28-21(32-15-33-29)7-10-26(36-28)38-12-11-31-23(14-38)18-3-4-18/h5-10,13,15-16,18,23,31H,3-4,11-12,14H2,1-2H3,(H,32,33,35)/t23-/m1/s1. The van der Waals surface area contributed by atoms with Crippen molar-refractivity contribution in [2.75, 3.05) is 29.9 Å². The van der Waals surface area contributed by atoms with Crippen molar-refractivity contribution in [2.24, 2.45) is 13.0 Å². The van der Waals surface area contributed by atoms with E-state index in [9.17, 15) is 0 Å². The average Bonchev–Trinajstić information content (AvgIpc) is 3.76. The van der Waals surface area contributed by atoms with Crippen LogP contribution in [0.25, 0.3) is 22.1 Å². The Balaban J connectivity index is 1.15. The number of nitrogens with one attached hydrogen (secondary N) is 2. The minimum absolute atomic E-state index is 0.295. The van der Waals surface area contributed by atoms with E-state index >= 15 is 4.39 Å². The molecule has 2 aliphatic rings. The fourth-order valence-electron chi connectivity index (χ4n) is 5.31. The Kier molecular flexibility index (Phi) is 5.77. The van der Waals surface area contributed by atoms with Crippen LogP contribution in [0.5, 0.6) is 11.5 Å². The minimum Gasteiger partial charge on any atom is -0.457 e. The Bertz CT molecular complexity index is 1700. The number of aromatic nitrogens is 5. The average molecular weight is 525 g/mol. The lowest BCUT2D eigenvalue weighted by atomic mass is 10.1. The van der Waals surface area contributed by atoms with Crippen LogP contribution in [-0.4, -0.2) is 50.2 Å². The van der Waals surface area contributed by atoms with Crippen LogP contribution in [-0.2, 0) is 7.05 Å². The molecule has 9 nitrogen and oxygen atoms in total. The second-order valence-corrected chi connectivity index (χ2v) is 10.4. The van der Waals surface area contributed by atoms with Crippen LogP contribution in [0, 0.1) is 18.7 Å². The van der Waals surface area contributed by atoms with Gasteiger partial charge in [0.2, 0.25) is 0 Å². The van der Waals surface area contributed by atoms with E-state index < -0.39 is 5.82 Å². The molecule has 0 spiro atoms. The van der Waals surface area contributed by atoms with Gasteiger partial charge in [0.05, 0.1) is 28.6 Å². The normalized spacial score (nSPS) is 17.6. The molecule has 2 aromatic carbocycles. The first kappa shape index (κ1) is 23.8. The summed E-state index contributed by atoms with van der Waals surface area (Å²) in [4.78, 5) is 20.4. The van der Waals surface area contributed by atoms with Gasteiger partial charge in [-0.1, -0.05) is 0 Å². The number of hydrogen-bond acceptors (Lipinski definition) is 8. The van der Waals surface area contributed by atoms with Crippen LogP contribution in [0.3, 0.4) is 0 Å². The molecular weight excluding hydrogens is 495 g/mol. The zero-order valence-corrected chi connectivity index (χ0v) is 21.9. The third kappa shape index (κ3) is 4.50. The number of halogens is 1. The van der Waals surface area contributed by atoms with Crippen LogP contribution < -0.4 is 20.3 Å². The van der Waals surface area contributed by atoms with E-state index in [1.54, 1.807) is 25.4 Å². The number of ether oxygens (including phenoxy) is 1. The molecule has 1 saturated heterocycles. The summed E-state index contributed by atoms with van der Waals surface area (Å²) < 4.78 is 23.5. The maximum Gasteiger partial charge on any atom is 0.160 e. The van der Waals surface area contributed by atoms with Crippen LogP contribution >= 0.6 is 0 Å². The fraction of sp³-hybridized carbons (Fsp3) is 0.310. The highest BCUT2D eigenvalue weighted by molar-refractivity contribution is 5.88. The van der Waals surface area contributed by atoms with Crippen molar-refractivity contribution in [2.45, 2.75) is 25.8 Å². The summed E-state index contributed by atoms with van der Waals surface area (Å²) in [5, 5.41) is 6.79. The van der Waals surface area contributed by atoms with Crippen LogP contribution in [0.4, 0.5) is 21.7 Å². The van der Waals surface area contributed by atoms with E-state index in [0.29, 0.717) is 45.6 Å². The highest BCUT2D eigenvalue weighted by atomic mass is 19.1. The molecule has 1 atom stereocenters. The lowest BCUT2D eigenvalue weighted by Gasteiger charge is -2.34. The number of pyridine rings is 1. The molecule has 0 radical (unpaired) electrons. The van der Waals surface area contributed by atoms with Crippen molar-refractivity contribution in [3.8, 4) is 11.5 Å². The lowest BCUT2D eigenvalue weighted by Crippen LogP contribution is -2.52. The first-order valence-electron chi connectivity index (χ1n) is 13.3. The van der Waals surface area contributed by atoms with Gasteiger partial charge >= 0.3 is 0 Å². The number of hydrogen-bond donors (Lipinski definition) is 2. The number of benzene rings is 2. The van der Waals surface area contributed by atoms with E-state index in [-0.39, 0.29) is 0 Å². The molecule has 10 heteroatoms. The molecule has 39 heavy (non-hydrogen) atoms. The summed E-state index contributed by atoms with van der Waals surface area (Å²) in [6.45, 7) is 4.46. The van der Waals surface area contributed by atoms with Gasteiger partial charge in [-0.25, -0.2) is 24.3 Å². The highest BCUT2D eigenvalue weighted by Crippen LogP contribution is 2.35. The molecule has 3 aromatic heterocycles. The molecule has 1 saturated carbocycles. The molecular formula is C29H29FN8O. The lowest BCUT2D eigenvalue weighted by molar-refractivity contribution is 0.417. The van der Waals surface area contributed by atoms with Gasteiger partial charge in [0.25, 0.3) is 0 Å². The van der Waals surface area contributed by atoms with Gasteiger partial charge in [0, 0.05) is 44.4 Å². The number of imidazole rings is 1. The summed E-state index contributed by atoms with van der Waals surface area (Å²) in [6.07, 6.45) is 5.82. The molecule has 7 rings (SSSR count). The smallest absolute Gasteiger partial charge is 0.160 e. The number of anilines is 3. The third-order valence-corrected chi connectivity index (χ3v) is 7.70.